The maximum Gasteiger partial charge on any atom is 0.222 e. The highest BCUT2D eigenvalue weighted by molar-refractivity contribution is 6.31. The largest absolute Gasteiger partial charge is 0.388 e. The minimum atomic E-state index is -0.966. The van der Waals surface area contributed by atoms with Crippen LogP contribution in [0.3, 0.4) is 0 Å². The molecule has 24 heavy (non-hydrogen) atoms. The first-order chi connectivity index (χ1) is 11.4. The number of halogens is 1. The van der Waals surface area contributed by atoms with Crippen LogP contribution in [-0.4, -0.2) is 51.2 Å². The summed E-state index contributed by atoms with van der Waals surface area (Å²) < 4.78 is 2.04. The van der Waals surface area contributed by atoms with E-state index in [1.54, 1.807) is 7.05 Å². The fourth-order valence-electron chi connectivity index (χ4n) is 3.43. The van der Waals surface area contributed by atoms with Gasteiger partial charge in [0.15, 0.2) is 0 Å². The van der Waals surface area contributed by atoms with Crippen LogP contribution < -0.4 is 5.32 Å². The van der Waals surface area contributed by atoms with Gasteiger partial charge < -0.3 is 15.0 Å². The van der Waals surface area contributed by atoms with Crippen LogP contribution in [0.2, 0.25) is 5.02 Å². The molecule has 1 unspecified atom stereocenters. The second-order valence-electron chi connectivity index (χ2n) is 6.61. The number of carbonyl (C=O) groups excluding carboxylic acids is 1. The van der Waals surface area contributed by atoms with Crippen molar-refractivity contribution >= 4 is 28.5 Å². The number of nitrogens with zero attached hydrogens (tertiary/aromatic N) is 3. The van der Waals surface area contributed by atoms with Crippen molar-refractivity contribution in [1.82, 2.24) is 19.8 Å². The summed E-state index contributed by atoms with van der Waals surface area (Å²) in [6.07, 6.45) is 1.65. The zero-order chi connectivity index (χ0) is 17.3. The number of piperidine rings is 1. The Morgan fingerprint density at radius 2 is 2.29 bits per heavy atom. The summed E-state index contributed by atoms with van der Waals surface area (Å²) in [6, 6.07) is 5.66. The van der Waals surface area contributed by atoms with E-state index >= 15 is 0 Å². The summed E-state index contributed by atoms with van der Waals surface area (Å²) in [5.41, 5.74) is 0.941. The first kappa shape index (κ1) is 17.2. The van der Waals surface area contributed by atoms with Crippen molar-refractivity contribution < 1.29 is 9.90 Å². The number of likely N-dealkylation sites (tertiary alicyclic amines) is 1. The van der Waals surface area contributed by atoms with Crippen LogP contribution in [0, 0.1) is 0 Å². The number of benzene rings is 1. The van der Waals surface area contributed by atoms with E-state index in [1.807, 2.05) is 29.8 Å². The minimum Gasteiger partial charge on any atom is -0.388 e. The summed E-state index contributed by atoms with van der Waals surface area (Å²) in [6.45, 7) is 2.00. The quantitative estimate of drug-likeness (QED) is 0.880. The molecule has 2 heterocycles. The number of hydrogen-bond acceptors (Lipinski definition) is 4. The molecule has 0 bridgehead atoms. The van der Waals surface area contributed by atoms with Crippen LogP contribution in [0.15, 0.2) is 18.2 Å². The zero-order valence-electron chi connectivity index (χ0n) is 14.0. The number of amides is 1. The lowest BCUT2D eigenvalue weighted by atomic mass is 9.89. The predicted octanol–water partition coefficient (Wildman–Crippen LogP) is 1.69. The van der Waals surface area contributed by atoms with Gasteiger partial charge in [-0.2, -0.15) is 0 Å². The van der Waals surface area contributed by atoms with Crippen molar-refractivity contribution in [3.63, 3.8) is 0 Å². The van der Waals surface area contributed by atoms with E-state index in [-0.39, 0.29) is 12.3 Å². The number of imidazole rings is 1. The van der Waals surface area contributed by atoms with Crippen LogP contribution in [0.4, 0.5) is 0 Å². The Kier molecular flexibility index (Phi) is 4.80. The average Bonchev–Trinajstić information content (AvgIpc) is 2.83. The van der Waals surface area contributed by atoms with Gasteiger partial charge in [0.2, 0.25) is 5.91 Å². The van der Waals surface area contributed by atoms with Gasteiger partial charge in [0.25, 0.3) is 0 Å². The van der Waals surface area contributed by atoms with Crippen molar-refractivity contribution in [3.05, 3.63) is 29.0 Å². The normalized spacial score (nSPS) is 22.0. The highest BCUT2D eigenvalue weighted by atomic mass is 35.5. The maximum absolute atomic E-state index is 11.6. The summed E-state index contributed by atoms with van der Waals surface area (Å²) in [5, 5.41) is 14.0. The van der Waals surface area contributed by atoms with E-state index in [4.69, 9.17) is 11.6 Å². The third-order valence-corrected chi connectivity index (χ3v) is 4.94. The summed E-state index contributed by atoms with van der Waals surface area (Å²) in [4.78, 5) is 18.5. The molecule has 0 aliphatic carbocycles. The van der Waals surface area contributed by atoms with Crippen molar-refractivity contribution in [2.75, 3.05) is 20.1 Å². The van der Waals surface area contributed by atoms with Crippen LogP contribution in [0.1, 0.15) is 25.1 Å². The highest BCUT2D eigenvalue weighted by Gasteiger charge is 2.35. The van der Waals surface area contributed by atoms with E-state index in [9.17, 15) is 9.90 Å². The Hall–Kier alpha value is -1.63. The number of hydrogen-bond donors (Lipinski definition) is 2. The smallest absolute Gasteiger partial charge is 0.222 e. The lowest BCUT2D eigenvalue weighted by Crippen LogP contribution is -2.50. The molecule has 0 saturated carbocycles. The van der Waals surface area contributed by atoms with Crippen LogP contribution in [0.25, 0.3) is 11.0 Å². The number of carbonyl (C=O) groups is 1. The van der Waals surface area contributed by atoms with E-state index in [2.05, 4.69) is 15.2 Å². The van der Waals surface area contributed by atoms with Gasteiger partial charge in [0, 0.05) is 25.7 Å². The van der Waals surface area contributed by atoms with E-state index < -0.39 is 5.60 Å². The SMILES string of the molecule is CNC(=O)CC1(O)CCCN(Cc2nc3ccc(Cl)cc3n2C)C1. The molecule has 0 radical (unpaired) electrons. The van der Waals surface area contributed by atoms with Crippen molar-refractivity contribution in [1.29, 1.82) is 0 Å². The van der Waals surface area contributed by atoms with Crippen LogP contribution in [0.5, 0.6) is 0 Å². The molecule has 1 aromatic heterocycles. The van der Waals surface area contributed by atoms with Gasteiger partial charge in [-0.15, -0.1) is 0 Å². The molecule has 1 aliphatic rings. The fraction of sp³-hybridized carbons (Fsp3) is 0.529. The second-order valence-corrected chi connectivity index (χ2v) is 7.05. The zero-order valence-corrected chi connectivity index (χ0v) is 14.8. The number of nitrogens with one attached hydrogen (secondary N) is 1. The molecule has 0 spiro atoms. The molecular formula is C17H23ClN4O2. The number of β-amino-alcohol motifs (C(OH)–C–C–N with tert-alkyl or cyclic N) is 1. The molecule has 7 heteroatoms. The second kappa shape index (κ2) is 6.70. The minimum absolute atomic E-state index is 0.128. The third kappa shape index (κ3) is 3.55. The molecule has 1 aromatic carbocycles. The maximum atomic E-state index is 11.6. The monoisotopic (exact) mass is 350 g/mol. The fourth-order valence-corrected chi connectivity index (χ4v) is 3.59. The molecule has 3 rings (SSSR count). The van der Waals surface area contributed by atoms with Gasteiger partial charge >= 0.3 is 0 Å². The number of aryl methyl sites for hydroxylation is 1. The van der Waals surface area contributed by atoms with Gasteiger partial charge in [0.05, 0.1) is 29.6 Å². The number of aliphatic hydroxyl groups is 1. The number of fused-ring (bicyclic) bond motifs is 1. The predicted molar refractivity (Wildman–Crippen MR) is 93.9 cm³/mol. The molecule has 1 amide bonds. The molecule has 1 saturated heterocycles. The van der Waals surface area contributed by atoms with Gasteiger partial charge in [0.1, 0.15) is 5.82 Å². The molecule has 1 fully saturated rings. The van der Waals surface area contributed by atoms with Crippen molar-refractivity contribution in [2.45, 2.75) is 31.4 Å². The first-order valence-corrected chi connectivity index (χ1v) is 8.54. The van der Waals surface area contributed by atoms with Gasteiger partial charge in [-0.3, -0.25) is 9.69 Å². The Morgan fingerprint density at radius 3 is 3.04 bits per heavy atom. The van der Waals surface area contributed by atoms with Gasteiger partial charge in [-0.25, -0.2) is 4.98 Å². The van der Waals surface area contributed by atoms with E-state index in [0.717, 1.165) is 29.8 Å². The summed E-state index contributed by atoms with van der Waals surface area (Å²) in [5.74, 6) is 0.799. The van der Waals surface area contributed by atoms with Gasteiger partial charge in [-0.05, 0) is 37.6 Å². The van der Waals surface area contributed by atoms with E-state index in [1.165, 1.54) is 0 Å². The number of rotatable bonds is 4. The molecule has 130 valence electrons. The molecular weight excluding hydrogens is 328 g/mol. The van der Waals surface area contributed by atoms with Gasteiger partial charge in [-0.1, -0.05) is 11.6 Å². The molecule has 2 N–H and O–H groups in total. The Balaban J connectivity index is 1.76. The van der Waals surface area contributed by atoms with Crippen LogP contribution >= 0.6 is 11.6 Å². The van der Waals surface area contributed by atoms with E-state index in [0.29, 0.717) is 24.5 Å². The molecule has 1 aliphatic heterocycles. The lowest BCUT2D eigenvalue weighted by Gasteiger charge is -2.38. The Labute approximate surface area is 146 Å². The molecule has 2 aromatic rings. The van der Waals surface area contributed by atoms with Crippen molar-refractivity contribution in [2.24, 2.45) is 7.05 Å². The Bertz CT molecular complexity index is 760. The van der Waals surface area contributed by atoms with Crippen LogP contribution in [-0.2, 0) is 18.4 Å². The van der Waals surface area contributed by atoms with Crippen molar-refractivity contribution in [3.8, 4) is 0 Å². The molecule has 6 nitrogen and oxygen atoms in total. The topological polar surface area (TPSA) is 70.4 Å². The highest BCUT2D eigenvalue weighted by Crippen LogP contribution is 2.26. The summed E-state index contributed by atoms with van der Waals surface area (Å²) in [7, 11) is 3.57. The lowest BCUT2D eigenvalue weighted by molar-refractivity contribution is -0.128. The number of aromatic nitrogens is 2. The standard InChI is InChI=1S/C17H23ClN4O2/c1-19-16(23)9-17(24)6-3-7-22(11-17)10-15-20-13-5-4-12(18)8-14(13)21(15)2/h4-5,8,24H,3,6-7,9-11H2,1-2H3,(H,19,23). The Morgan fingerprint density at radius 1 is 1.50 bits per heavy atom. The third-order valence-electron chi connectivity index (χ3n) is 4.70. The average molecular weight is 351 g/mol. The first-order valence-electron chi connectivity index (χ1n) is 8.16. The summed E-state index contributed by atoms with van der Waals surface area (Å²) >= 11 is 6.07. The molecule has 1 atom stereocenters.